The lowest BCUT2D eigenvalue weighted by Crippen LogP contribution is -2.20. The molecule has 0 heterocycles. The van der Waals surface area contributed by atoms with Crippen molar-refractivity contribution in [1.82, 2.24) is 0 Å². The normalized spacial score (nSPS) is 11.8. The predicted octanol–water partition coefficient (Wildman–Crippen LogP) is 2.98. The highest BCUT2D eigenvalue weighted by Gasteiger charge is 2.19. The van der Waals surface area contributed by atoms with Gasteiger partial charge in [-0.1, -0.05) is 37.6 Å². The molecule has 18 heavy (non-hydrogen) atoms. The summed E-state index contributed by atoms with van der Waals surface area (Å²) in [5, 5.41) is 0.293. The zero-order valence-electron chi connectivity index (χ0n) is 10.5. The van der Waals surface area contributed by atoms with E-state index in [1.807, 2.05) is 13.8 Å². The van der Waals surface area contributed by atoms with Gasteiger partial charge in [-0.25, -0.2) is 8.42 Å². The van der Waals surface area contributed by atoms with Crippen molar-refractivity contribution >= 4 is 27.2 Å². The monoisotopic (exact) mass is 288 g/mol. The van der Waals surface area contributed by atoms with E-state index in [-0.39, 0.29) is 11.3 Å². The fourth-order valence-corrected chi connectivity index (χ4v) is 3.22. The number of carbonyl (C=O) groups is 1. The van der Waals surface area contributed by atoms with Crippen molar-refractivity contribution in [3.05, 3.63) is 34.9 Å². The van der Waals surface area contributed by atoms with Crippen LogP contribution in [0.3, 0.4) is 0 Å². The first-order chi connectivity index (χ1) is 8.32. The lowest BCUT2D eigenvalue weighted by atomic mass is 10.1. The number of hydrogen-bond donors (Lipinski definition) is 0. The molecule has 1 aromatic carbocycles. The lowest BCUT2D eigenvalue weighted by molar-refractivity contribution is 0.102. The standard InChI is InChI=1S/C13H17ClO3S/c1-10(2)7-8-18(16,17)9-13(15)11-5-3-4-6-12(11)14/h3-6,10H,7-9H2,1-2H3. The number of rotatable bonds is 6. The third kappa shape index (κ3) is 4.78. The van der Waals surface area contributed by atoms with Crippen LogP contribution < -0.4 is 0 Å². The second-order valence-corrected chi connectivity index (χ2v) is 7.27. The van der Waals surface area contributed by atoms with Gasteiger partial charge in [-0.2, -0.15) is 0 Å². The zero-order chi connectivity index (χ0) is 13.8. The van der Waals surface area contributed by atoms with Crippen LogP contribution in [0.2, 0.25) is 5.02 Å². The molecule has 0 aliphatic heterocycles. The molecule has 1 rings (SSSR count). The Morgan fingerprint density at radius 1 is 1.28 bits per heavy atom. The maximum absolute atomic E-state index is 11.9. The maximum atomic E-state index is 11.9. The summed E-state index contributed by atoms with van der Waals surface area (Å²) in [7, 11) is -3.35. The van der Waals surface area contributed by atoms with Crippen LogP contribution in [-0.2, 0) is 9.84 Å². The molecule has 0 fully saturated rings. The molecular weight excluding hydrogens is 272 g/mol. The number of Topliss-reactive ketones (excluding diaryl/α,β-unsaturated/α-hetero) is 1. The van der Waals surface area contributed by atoms with Crippen molar-refractivity contribution in [1.29, 1.82) is 0 Å². The number of halogens is 1. The van der Waals surface area contributed by atoms with E-state index in [0.29, 0.717) is 17.4 Å². The van der Waals surface area contributed by atoms with E-state index in [9.17, 15) is 13.2 Å². The highest BCUT2D eigenvalue weighted by molar-refractivity contribution is 7.92. The van der Waals surface area contributed by atoms with E-state index in [4.69, 9.17) is 11.6 Å². The summed E-state index contributed by atoms with van der Waals surface area (Å²) in [6.45, 7) is 3.90. The number of carbonyl (C=O) groups excluding carboxylic acids is 1. The van der Waals surface area contributed by atoms with Crippen molar-refractivity contribution in [2.75, 3.05) is 11.5 Å². The second-order valence-electron chi connectivity index (χ2n) is 4.68. The van der Waals surface area contributed by atoms with E-state index in [0.717, 1.165) is 0 Å². The number of sulfone groups is 1. The molecule has 0 aliphatic carbocycles. The molecule has 0 atom stereocenters. The summed E-state index contributed by atoms with van der Waals surface area (Å²) >= 11 is 5.86. The predicted molar refractivity (Wildman–Crippen MR) is 73.9 cm³/mol. The first kappa shape index (κ1) is 15.2. The first-order valence-corrected chi connectivity index (χ1v) is 8.00. The van der Waals surface area contributed by atoms with Gasteiger partial charge in [0.05, 0.1) is 10.8 Å². The molecule has 0 radical (unpaired) electrons. The summed E-state index contributed by atoms with van der Waals surface area (Å²) in [6, 6.07) is 6.49. The first-order valence-electron chi connectivity index (χ1n) is 5.80. The van der Waals surface area contributed by atoms with Crippen LogP contribution in [0.25, 0.3) is 0 Å². The van der Waals surface area contributed by atoms with Gasteiger partial charge in [0.2, 0.25) is 0 Å². The van der Waals surface area contributed by atoms with Gasteiger partial charge in [0.25, 0.3) is 0 Å². The van der Waals surface area contributed by atoms with Crippen LogP contribution >= 0.6 is 11.6 Å². The minimum absolute atomic E-state index is 0.0425. The van der Waals surface area contributed by atoms with Crippen LogP contribution in [0.15, 0.2) is 24.3 Å². The zero-order valence-corrected chi connectivity index (χ0v) is 12.1. The Morgan fingerprint density at radius 2 is 1.89 bits per heavy atom. The van der Waals surface area contributed by atoms with E-state index in [1.165, 1.54) is 0 Å². The van der Waals surface area contributed by atoms with Crippen molar-refractivity contribution in [2.24, 2.45) is 5.92 Å². The molecule has 3 nitrogen and oxygen atoms in total. The minimum Gasteiger partial charge on any atom is -0.293 e. The average molecular weight is 289 g/mol. The van der Waals surface area contributed by atoms with Crippen LogP contribution in [0.5, 0.6) is 0 Å². The Kier molecular flexibility index (Phi) is 5.35. The smallest absolute Gasteiger partial charge is 0.179 e. The van der Waals surface area contributed by atoms with Crippen LogP contribution in [-0.4, -0.2) is 25.7 Å². The molecular formula is C13H17ClO3S. The van der Waals surface area contributed by atoms with Gasteiger partial charge >= 0.3 is 0 Å². The average Bonchev–Trinajstić information content (AvgIpc) is 2.26. The van der Waals surface area contributed by atoms with Gasteiger partial charge in [0.15, 0.2) is 15.6 Å². The number of ketones is 1. The lowest BCUT2D eigenvalue weighted by Gasteiger charge is -2.07. The largest absolute Gasteiger partial charge is 0.293 e. The quantitative estimate of drug-likeness (QED) is 0.756. The fraction of sp³-hybridized carbons (Fsp3) is 0.462. The summed E-state index contributed by atoms with van der Waals surface area (Å²) < 4.78 is 23.5. The molecule has 0 unspecified atom stereocenters. The highest BCUT2D eigenvalue weighted by Crippen LogP contribution is 2.16. The van der Waals surface area contributed by atoms with Crippen molar-refractivity contribution < 1.29 is 13.2 Å². The summed E-state index contributed by atoms with van der Waals surface area (Å²) in [4.78, 5) is 11.9. The Balaban J connectivity index is 2.73. The Hall–Kier alpha value is -0.870. The van der Waals surface area contributed by atoms with Gasteiger partial charge in [-0.15, -0.1) is 0 Å². The molecule has 0 aromatic heterocycles. The molecule has 0 bridgehead atoms. The molecule has 0 saturated carbocycles. The Morgan fingerprint density at radius 3 is 2.44 bits per heavy atom. The summed E-state index contributed by atoms with van der Waals surface area (Å²) in [5.41, 5.74) is 0.271. The highest BCUT2D eigenvalue weighted by atomic mass is 35.5. The third-order valence-electron chi connectivity index (χ3n) is 2.53. The van der Waals surface area contributed by atoms with Gasteiger partial charge in [0.1, 0.15) is 5.75 Å². The van der Waals surface area contributed by atoms with Crippen LogP contribution in [0.4, 0.5) is 0 Å². The molecule has 0 saturated heterocycles. The molecule has 5 heteroatoms. The molecule has 100 valence electrons. The van der Waals surface area contributed by atoms with Crippen LogP contribution in [0.1, 0.15) is 30.6 Å². The van der Waals surface area contributed by atoms with Gasteiger partial charge in [-0.05, 0) is 24.5 Å². The maximum Gasteiger partial charge on any atom is 0.179 e. The van der Waals surface area contributed by atoms with Crippen LogP contribution in [0, 0.1) is 5.92 Å². The van der Waals surface area contributed by atoms with E-state index in [2.05, 4.69) is 0 Å². The van der Waals surface area contributed by atoms with Crippen molar-refractivity contribution in [3.8, 4) is 0 Å². The topological polar surface area (TPSA) is 51.2 Å². The fourth-order valence-electron chi connectivity index (χ4n) is 1.45. The SMILES string of the molecule is CC(C)CCS(=O)(=O)CC(=O)c1ccccc1Cl. The van der Waals surface area contributed by atoms with Gasteiger partial charge < -0.3 is 0 Å². The number of benzene rings is 1. The van der Waals surface area contributed by atoms with Gasteiger partial charge in [0, 0.05) is 5.56 Å². The van der Waals surface area contributed by atoms with Gasteiger partial charge in [-0.3, -0.25) is 4.79 Å². The molecule has 0 N–H and O–H groups in total. The molecule has 0 aliphatic rings. The summed E-state index contributed by atoms with van der Waals surface area (Å²) in [5.74, 6) is -0.566. The minimum atomic E-state index is -3.35. The third-order valence-corrected chi connectivity index (χ3v) is 4.42. The van der Waals surface area contributed by atoms with Crippen molar-refractivity contribution in [3.63, 3.8) is 0 Å². The van der Waals surface area contributed by atoms with E-state index >= 15 is 0 Å². The second kappa shape index (κ2) is 6.34. The number of hydrogen-bond acceptors (Lipinski definition) is 3. The molecule has 0 spiro atoms. The summed E-state index contributed by atoms with van der Waals surface area (Å²) in [6.07, 6.45) is 0.568. The van der Waals surface area contributed by atoms with E-state index in [1.54, 1.807) is 24.3 Å². The molecule has 1 aromatic rings. The van der Waals surface area contributed by atoms with Crippen molar-refractivity contribution in [2.45, 2.75) is 20.3 Å². The Labute approximate surface area is 113 Å². The Bertz CT molecular complexity index is 521. The molecule has 0 amide bonds. The van der Waals surface area contributed by atoms with E-state index < -0.39 is 21.4 Å².